The minimum absolute atomic E-state index is 0.148. The maximum Gasteiger partial charge on any atom is 0.573 e. The molecule has 0 spiro atoms. The number of hydrogen-bond acceptors (Lipinski definition) is 4. The lowest BCUT2D eigenvalue weighted by molar-refractivity contribution is -0.284. The zero-order valence-electron chi connectivity index (χ0n) is 16.5. The Morgan fingerprint density at radius 2 is 1.24 bits per heavy atom. The third-order valence-corrected chi connectivity index (χ3v) is 4.22. The van der Waals surface area contributed by atoms with Crippen molar-refractivity contribution in [3.63, 3.8) is 0 Å². The van der Waals surface area contributed by atoms with Gasteiger partial charge in [-0.1, -0.05) is 12.1 Å². The molecule has 0 aliphatic rings. The fraction of sp³-hybridized carbons (Fsp3) is 0.368. The van der Waals surface area contributed by atoms with E-state index in [0.717, 1.165) is 42.5 Å². The standard InChI is InChI=1S/C19H14F11NO3/c20-16(21,18(25,26)27)10-31-9-15(32,17(22,23)24)11-2-1-3-14(8-11)33-12-4-6-13(7-5-12)34-19(28,29)30/h1-8,31-32H,9-10H2. The lowest BCUT2D eigenvalue weighted by Gasteiger charge is -2.32. The SMILES string of the molecule is OC(CNCC(F)(F)C(F)(F)F)(c1cccc(Oc2ccc(OC(F)(F)F)cc2)c1)C(F)(F)F. The zero-order chi connectivity index (χ0) is 26.0. The number of halogens is 11. The van der Waals surface area contributed by atoms with E-state index in [1.54, 1.807) is 0 Å². The third-order valence-electron chi connectivity index (χ3n) is 4.22. The molecule has 190 valence electrons. The smallest absolute Gasteiger partial charge is 0.457 e. The molecule has 1 unspecified atom stereocenters. The first-order chi connectivity index (χ1) is 15.3. The summed E-state index contributed by atoms with van der Waals surface area (Å²) in [4.78, 5) is 0. The van der Waals surface area contributed by atoms with Crippen LogP contribution in [0.25, 0.3) is 0 Å². The molecular weight excluding hydrogens is 499 g/mol. The predicted octanol–water partition coefficient (Wildman–Crippen LogP) is 5.91. The molecule has 0 aliphatic carbocycles. The Balaban J connectivity index is 2.22. The van der Waals surface area contributed by atoms with Crippen molar-refractivity contribution in [1.82, 2.24) is 5.32 Å². The van der Waals surface area contributed by atoms with E-state index in [2.05, 4.69) is 4.74 Å². The van der Waals surface area contributed by atoms with E-state index in [-0.39, 0.29) is 11.5 Å². The molecule has 2 aromatic rings. The van der Waals surface area contributed by atoms with E-state index in [4.69, 9.17) is 4.74 Å². The van der Waals surface area contributed by atoms with Crippen LogP contribution in [-0.4, -0.2) is 42.8 Å². The molecule has 34 heavy (non-hydrogen) atoms. The van der Waals surface area contributed by atoms with Crippen molar-refractivity contribution in [2.24, 2.45) is 0 Å². The van der Waals surface area contributed by atoms with Crippen LogP contribution < -0.4 is 14.8 Å². The van der Waals surface area contributed by atoms with Gasteiger partial charge >= 0.3 is 24.6 Å². The molecular formula is C19H14F11NO3. The fourth-order valence-electron chi connectivity index (χ4n) is 2.53. The van der Waals surface area contributed by atoms with Gasteiger partial charge in [-0.15, -0.1) is 13.2 Å². The second-order valence-corrected chi connectivity index (χ2v) is 6.81. The number of nitrogens with one attached hydrogen (secondary N) is 1. The number of hydrogen-bond donors (Lipinski definition) is 2. The molecule has 0 aromatic heterocycles. The average molecular weight is 513 g/mol. The molecule has 2 N–H and O–H groups in total. The quantitative estimate of drug-likeness (QED) is 0.431. The first-order valence-electron chi connectivity index (χ1n) is 8.93. The molecule has 0 saturated heterocycles. The van der Waals surface area contributed by atoms with Gasteiger partial charge in [0.05, 0.1) is 6.54 Å². The van der Waals surface area contributed by atoms with Gasteiger partial charge in [-0.05, 0) is 42.0 Å². The summed E-state index contributed by atoms with van der Waals surface area (Å²) in [6.45, 7) is -3.98. The van der Waals surface area contributed by atoms with Crippen LogP contribution in [0.2, 0.25) is 0 Å². The monoisotopic (exact) mass is 513 g/mol. The van der Waals surface area contributed by atoms with Crippen LogP contribution in [-0.2, 0) is 5.60 Å². The first kappa shape index (κ1) is 27.4. The lowest BCUT2D eigenvalue weighted by atomic mass is 9.92. The highest BCUT2D eigenvalue weighted by Gasteiger charge is 2.59. The summed E-state index contributed by atoms with van der Waals surface area (Å²) in [7, 11) is 0. The van der Waals surface area contributed by atoms with E-state index in [9.17, 15) is 53.4 Å². The summed E-state index contributed by atoms with van der Waals surface area (Å²) in [5.41, 5.74) is -4.85. The largest absolute Gasteiger partial charge is 0.573 e. The Bertz CT molecular complexity index is 956. The Labute approximate surface area is 183 Å². The van der Waals surface area contributed by atoms with Crippen molar-refractivity contribution in [3.8, 4) is 17.2 Å². The molecule has 0 amide bonds. The van der Waals surface area contributed by atoms with Gasteiger partial charge in [0.15, 0.2) is 5.60 Å². The number of ether oxygens (including phenoxy) is 2. The van der Waals surface area contributed by atoms with Crippen LogP contribution in [0.3, 0.4) is 0 Å². The first-order valence-corrected chi connectivity index (χ1v) is 8.93. The highest BCUT2D eigenvalue weighted by molar-refractivity contribution is 5.39. The Kier molecular flexibility index (Phi) is 7.62. The Hall–Kier alpha value is -2.81. The number of alkyl halides is 11. The van der Waals surface area contributed by atoms with Gasteiger partial charge in [0, 0.05) is 6.54 Å². The molecule has 1 atom stereocenters. The average Bonchev–Trinajstić information content (AvgIpc) is 2.66. The van der Waals surface area contributed by atoms with Crippen LogP contribution in [0, 0.1) is 0 Å². The highest BCUT2D eigenvalue weighted by Crippen LogP contribution is 2.41. The minimum Gasteiger partial charge on any atom is -0.457 e. The molecule has 15 heteroatoms. The summed E-state index contributed by atoms with van der Waals surface area (Å²) in [5, 5.41) is 11.4. The van der Waals surface area contributed by atoms with E-state index >= 15 is 0 Å². The van der Waals surface area contributed by atoms with Crippen molar-refractivity contribution in [3.05, 3.63) is 54.1 Å². The van der Waals surface area contributed by atoms with E-state index in [0.29, 0.717) is 6.07 Å². The van der Waals surface area contributed by atoms with Gasteiger partial charge in [-0.3, -0.25) is 0 Å². The minimum atomic E-state index is -6.02. The molecule has 2 aromatic carbocycles. The van der Waals surface area contributed by atoms with Gasteiger partial charge in [-0.25, -0.2) is 0 Å². The number of rotatable bonds is 8. The number of aliphatic hydroxyl groups is 1. The molecule has 0 aliphatic heterocycles. The topological polar surface area (TPSA) is 50.7 Å². The fourth-order valence-corrected chi connectivity index (χ4v) is 2.53. The van der Waals surface area contributed by atoms with Crippen molar-refractivity contribution in [2.45, 2.75) is 30.2 Å². The van der Waals surface area contributed by atoms with Gasteiger partial charge < -0.3 is 19.9 Å². The van der Waals surface area contributed by atoms with E-state index in [1.165, 1.54) is 5.32 Å². The van der Waals surface area contributed by atoms with E-state index in [1.807, 2.05) is 0 Å². The van der Waals surface area contributed by atoms with Crippen LogP contribution in [0.15, 0.2) is 48.5 Å². The summed E-state index contributed by atoms with van der Waals surface area (Å²) in [6, 6.07) is 7.11. The summed E-state index contributed by atoms with van der Waals surface area (Å²) in [6.07, 6.45) is -16.5. The van der Waals surface area contributed by atoms with Gasteiger partial charge in [0.1, 0.15) is 17.2 Å². The van der Waals surface area contributed by atoms with Gasteiger partial charge in [0.2, 0.25) is 0 Å². The van der Waals surface area contributed by atoms with Crippen LogP contribution in [0.5, 0.6) is 17.2 Å². The van der Waals surface area contributed by atoms with Crippen molar-refractivity contribution < 1.29 is 62.9 Å². The summed E-state index contributed by atoms with van der Waals surface area (Å²) < 4.78 is 149. The molecule has 0 fully saturated rings. The Morgan fingerprint density at radius 3 is 1.74 bits per heavy atom. The third kappa shape index (κ3) is 6.85. The number of benzene rings is 2. The molecule has 0 bridgehead atoms. The van der Waals surface area contributed by atoms with Crippen LogP contribution in [0.4, 0.5) is 48.3 Å². The zero-order valence-corrected chi connectivity index (χ0v) is 16.5. The maximum absolute atomic E-state index is 13.5. The second kappa shape index (κ2) is 9.44. The molecule has 0 heterocycles. The van der Waals surface area contributed by atoms with Crippen LogP contribution >= 0.6 is 0 Å². The van der Waals surface area contributed by atoms with Crippen molar-refractivity contribution in [2.75, 3.05) is 13.1 Å². The summed E-state index contributed by atoms with van der Waals surface area (Å²) >= 11 is 0. The molecule has 0 saturated carbocycles. The lowest BCUT2D eigenvalue weighted by Crippen LogP contribution is -2.53. The van der Waals surface area contributed by atoms with E-state index < -0.39 is 54.6 Å². The highest BCUT2D eigenvalue weighted by atomic mass is 19.4. The van der Waals surface area contributed by atoms with Crippen LogP contribution in [0.1, 0.15) is 5.56 Å². The van der Waals surface area contributed by atoms with Crippen molar-refractivity contribution >= 4 is 0 Å². The van der Waals surface area contributed by atoms with Gasteiger partial charge in [-0.2, -0.15) is 35.1 Å². The molecule has 2 rings (SSSR count). The molecule has 0 radical (unpaired) electrons. The van der Waals surface area contributed by atoms with Gasteiger partial charge in [0.25, 0.3) is 0 Å². The predicted molar refractivity (Wildman–Crippen MR) is 93.5 cm³/mol. The normalized spacial score (nSPS) is 15.1. The second-order valence-electron chi connectivity index (χ2n) is 6.81. The van der Waals surface area contributed by atoms with Crippen molar-refractivity contribution in [1.29, 1.82) is 0 Å². The molecule has 4 nitrogen and oxygen atoms in total. The maximum atomic E-state index is 13.5. The Morgan fingerprint density at radius 1 is 0.676 bits per heavy atom. The summed E-state index contributed by atoms with van der Waals surface area (Å²) in [5.74, 6) is -6.47.